The normalized spacial score (nSPS) is 11.6. The highest BCUT2D eigenvalue weighted by Crippen LogP contribution is 2.34. The minimum absolute atomic E-state index is 0.0644. The molecule has 3 N–H and O–H groups in total. The summed E-state index contributed by atoms with van der Waals surface area (Å²) in [5, 5.41) is 9.02. The maximum absolute atomic E-state index is 12.9. The highest BCUT2D eigenvalue weighted by Gasteiger charge is 2.25. The van der Waals surface area contributed by atoms with Crippen molar-refractivity contribution in [2.75, 3.05) is 14.1 Å². The molecule has 8 nitrogen and oxygen atoms in total. The van der Waals surface area contributed by atoms with E-state index in [-0.39, 0.29) is 23.8 Å². The average molecular weight is 462 g/mol. The van der Waals surface area contributed by atoms with Crippen molar-refractivity contribution in [1.29, 1.82) is 0 Å². The van der Waals surface area contributed by atoms with E-state index in [1.165, 1.54) is 5.06 Å². The standard InChI is InChI=1S/C21H21Cl2N5O3/c1-12-18(19(30-27-12)16-6-4-5-7-17(16)31-28(2)3)20(29)26-21(24)25-11-13-8-14(22)10-15(23)9-13/h4-10H,11H2,1-3H3,(H3,24,25,26,29). The topological polar surface area (TPSA) is 106 Å². The van der Waals surface area contributed by atoms with Gasteiger partial charge in [-0.1, -0.05) is 40.5 Å². The first-order valence-corrected chi connectivity index (χ1v) is 9.97. The highest BCUT2D eigenvalue weighted by atomic mass is 35.5. The summed E-state index contributed by atoms with van der Waals surface area (Å²) >= 11 is 12.0. The number of carbonyl (C=O) groups excluding carboxylic acids is 1. The van der Waals surface area contributed by atoms with E-state index >= 15 is 0 Å². The first kappa shape index (κ1) is 22.6. The van der Waals surface area contributed by atoms with Crippen LogP contribution in [0.5, 0.6) is 5.75 Å². The van der Waals surface area contributed by atoms with E-state index in [9.17, 15) is 4.79 Å². The van der Waals surface area contributed by atoms with Gasteiger partial charge in [0.25, 0.3) is 5.91 Å². The molecule has 0 atom stereocenters. The molecule has 162 valence electrons. The van der Waals surface area contributed by atoms with Crippen LogP contribution in [0.1, 0.15) is 21.6 Å². The zero-order valence-corrected chi connectivity index (χ0v) is 18.7. The molecule has 0 aliphatic heterocycles. The smallest absolute Gasteiger partial charge is 0.263 e. The number of benzene rings is 2. The first-order valence-electron chi connectivity index (χ1n) is 9.21. The second kappa shape index (κ2) is 9.82. The van der Waals surface area contributed by atoms with Gasteiger partial charge < -0.3 is 15.1 Å². The molecular weight excluding hydrogens is 441 g/mol. The van der Waals surface area contributed by atoms with Gasteiger partial charge in [-0.05, 0) is 42.8 Å². The summed E-state index contributed by atoms with van der Waals surface area (Å²) < 4.78 is 5.44. The third kappa shape index (κ3) is 5.75. The van der Waals surface area contributed by atoms with Crippen molar-refractivity contribution in [2.24, 2.45) is 10.7 Å². The van der Waals surface area contributed by atoms with Gasteiger partial charge in [0.1, 0.15) is 5.56 Å². The van der Waals surface area contributed by atoms with E-state index < -0.39 is 5.91 Å². The summed E-state index contributed by atoms with van der Waals surface area (Å²) in [5.41, 5.74) is 7.88. The minimum atomic E-state index is -0.501. The lowest BCUT2D eigenvalue weighted by atomic mass is 10.1. The minimum Gasteiger partial charge on any atom is -0.406 e. The monoisotopic (exact) mass is 461 g/mol. The Labute approximate surface area is 189 Å². The predicted molar refractivity (Wildman–Crippen MR) is 120 cm³/mol. The van der Waals surface area contributed by atoms with Gasteiger partial charge >= 0.3 is 0 Å². The Morgan fingerprint density at radius 2 is 1.90 bits per heavy atom. The molecule has 3 aromatic rings. The van der Waals surface area contributed by atoms with Crippen molar-refractivity contribution in [3.05, 3.63) is 69.3 Å². The van der Waals surface area contributed by atoms with E-state index in [2.05, 4.69) is 15.5 Å². The molecule has 0 bridgehead atoms. The van der Waals surface area contributed by atoms with E-state index in [0.29, 0.717) is 27.1 Å². The number of hydroxylamine groups is 2. The Balaban J connectivity index is 1.83. The maximum atomic E-state index is 12.9. The fourth-order valence-electron chi connectivity index (χ4n) is 2.85. The third-order valence-electron chi connectivity index (χ3n) is 4.10. The molecule has 0 spiro atoms. The van der Waals surface area contributed by atoms with E-state index in [0.717, 1.165) is 5.56 Å². The van der Waals surface area contributed by atoms with Crippen LogP contribution in [-0.2, 0) is 6.54 Å². The number of nitrogens with two attached hydrogens (primary N) is 1. The lowest BCUT2D eigenvalue weighted by Crippen LogP contribution is -2.37. The molecule has 0 saturated carbocycles. The number of para-hydroxylation sites is 1. The molecule has 10 heteroatoms. The van der Waals surface area contributed by atoms with Crippen LogP contribution in [-0.4, -0.2) is 36.2 Å². The number of hydrogen-bond acceptors (Lipinski definition) is 6. The van der Waals surface area contributed by atoms with E-state index in [1.54, 1.807) is 51.4 Å². The van der Waals surface area contributed by atoms with Crippen LogP contribution >= 0.6 is 23.2 Å². The van der Waals surface area contributed by atoms with E-state index in [1.807, 2.05) is 12.1 Å². The van der Waals surface area contributed by atoms with Crippen molar-refractivity contribution < 1.29 is 14.2 Å². The maximum Gasteiger partial charge on any atom is 0.263 e. The fourth-order valence-corrected chi connectivity index (χ4v) is 3.42. The predicted octanol–water partition coefficient (Wildman–Crippen LogP) is 4.06. The van der Waals surface area contributed by atoms with Gasteiger partial charge in [0.05, 0.1) is 17.8 Å². The number of hydrogen-bond donors (Lipinski definition) is 2. The number of aryl methyl sites for hydroxylation is 1. The van der Waals surface area contributed by atoms with Crippen LogP contribution in [0.2, 0.25) is 10.0 Å². The van der Waals surface area contributed by atoms with Crippen LogP contribution < -0.4 is 15.9 Å². The zero-order chi connectivity index (χ0) is 22.5. The lowest BCUT2D eigenvalue weighted by molar-refractivity contribution is -0.00273. The van der Waals surface area contributed by atoms with Crippen molar-refractivity contribution in [3.63, 3.8) is 0 Å². The van der Waals surface area contributed by atoms with Crippen LogP contribution in [0.3, 0.4) is 0 Å². The van der Waals surface area contributed by atoms with Crippen LogP contribution in [0.4, 0.5) is 0 Å². The summed E-state index contributed by atoms with van der Waals surface area (Å²) in [7, 11) is 3.50. The summed E-state index contributed by atoms with van der Waals surface area (Å²) in [6.45, 7) is 1.86. The molecule has 3 rings (SSSR count). The number of nitrogens with one attached hydrogen (secondary N) is 1. The van der Waals surface area contributed by atoms with Gasteiger partial charge in [-0.2, -0.15) is 5.06 Å². The molecule has 1 heterocycles. The number of aromatic nitrogens is 1. The second-order valence-corrected chi connectivity index (χ2v) is 7.68. The molecule has 1 aromatic heterocycles. The summed E-state index contributed by atoms with van der Waals surface area (Å²) in [6.07, 6.45) is 0. The Bertz CT molecular complexity index is 1110. The zero-order valence-electron chi connectivity index (χ0n) is 17.1. The Morgan fingerprint density at radius 3 is 2.58 bits per heavy atom. The number of amides is 1. The van der Waals surface area contributed by atoms with E-state index in [4.69, 9.17) is 38.3 Å². The number of nitrogens with zero attached hydrogens (tertiary/aromatic N) is 3. The van der Waals surface area contributed by atoms with Gasteiger partial charge in [0.2, 0.25) is 0 Å². The Morgan fingerprint density at radius 1 is 1.23 bits per heavy atom. The van der Waals surface area contributed by atoms with Gasteiger partial charge in [-0.3, -0.25) is 10.1 Å². The molecule has 1 amide bonds. The van der Waals surface area contributed by atoms with Crippen LogP contribution in [0.15, 0.2) is 52.0 Å². The third-order valence-corrected chi connectivity index (χ3v) is 4.53. The number of carbonyl (C=O) groups is 1. The molecule has 0 aliphatic carbocycles. The Hall–Kier alpha value is -3.07. The fraction of sp³-hybridized carbons (Fsp3) is 0.190. The molecule has 31 heavy (non-hydrogen) atoms. The quantitative estimate of drug-likeness (QED) is 0.325. The van der Waals surface area contributed by atoms with Crippen molar-refractivity contribution in [2.45, 2.75) is 13.5 Å². The van der Waals surface area contributed by atoms with Gasteiger partial charge in [0, 0.05) is 24.1 Å². The molecule has 0 fully saturated rings. The molecule has 0 radical (unpaired) electrons. The number of halogens is 2. The SMILES string of the molecule is Cc1noc(-c2ccccc2ON(C)C)c1C(=O)NC(N)=NCc1cc(Cl)cc(Cl)c1. The Kier molecular flexibility index (Phi) is 7.17. The average Bonchev–Trinajstić information content (AvgIpc) is 3.07. The summed E-state index contributed by atoms with van der Waals surface area (Å²) in [5.74, 6) is 0.211. The molecule has 0 saturated heterocycles. The lowest BCUT2D eigenvalue weighted by Gasteiger charge is -2.14. The van der Waals surface area contributed by atoms with Crippen molar-refractivity contribution in [3.8, 4) is 17.1 Å². The van der Waals surface area contributed by atoms with Gasteiger partial charge in [-0.25, -0.2) is 4.99 Å². The van der Waals surface area contributed by atoms with Gasteiger partial charge in [0.15, 0.2) is 17.5 Å². The van der Waals surface area contributed by atoms with Crippen LogP contribution in [0.25, 0.3) is 11.3 Å². The molecule has 0 aliphatic rings. The number of guanidine groups is 1. The largest absolute Gasteiger partial charge is 0.406 e. The first-order chi connectivity index (χ1) is 14.7. The molecule has 0 unspecified atom stereocenters. The summed E-state index contributed by atoms with van der Waals surface area (Å²) in [4.78, 5) is 22.8. The molecular formula is C21H21Cl2N5O3. The summed E-state index contributed by atoms with van der Waals surface area (Å²) in [6, 6.07) is 12.2. The highest BCUT2D eigenvalue weighted by molar-refractivity contribution is 6.34. The van der Waals surface area contributed by atoms with Crippen molar-refractivity contribution >= 4 is 35.1 Å². The van der Waals surface area contributed by atoms with Crippen LogP contribution in [0, 0.1) is 6.92 Å². The van der Waals surface area contributed by atoms with Crippen molar-refractivity contribution in [1.82, 2.24) is 15.5 Å². The number of rotatable bonds is 6. The van der Waals surface area contributed by atoms with Gasteiger partial charge in [-0.15, -0.1) is 0 Å². The number of aliphatic imine (C=N–C) groups is 1. The molecule has 2 aromatic carbocycles. The second-order valence-electron chi connectivity index (χ2n) is 6.81.